The molecular formula is C21H22N2O3S2. The second-order valence-corrected chi connectivity index (χ2v) is 8.04. The highest BCUT2D eigenvalue weighted by Gasteiger charge is 2.25. The number of thioether (sulfide) groups is 1. The second kappa shape index (κ2) is 9.71. The van der Waals surface area contributed by atoms with Gasteiger partial charge in [-0.05, 0) is 24.6 Å². The number of piperazine rings is 1. The first kappa shape index (κ1) is 20.4. The van der Waals surface area contributed by atoms with Crippen molar-refractivity contribution in [3.05, 3.63) is 65.7 Å². The number of hydrogen-bond donors (Lipinski definition) is 0. The minimum Gasteiger partial charge on any atom is -0.409 e. The molecule has 1 aliphatic rings. The van der Waals surface area contributed by atoms with Gasteiger partial charge in [0, 0.05) is 31.9 Å². The highest BCUT2D eigenvalue weighted by Crippen LogP contribution is 2.21. The Morgan fingerprint density at radius 1 is 0.964 bits per heavy atom. The van der Waals surface area contributed by atoms with Gasteiger partial charge in [0.05, 0.1) is 5.56 Å². The van der Waals surface area contributed by atoms with E-state index in [0.717, 1.165) is 10.1 Å². The molecule has 1 aliphatic heterocycles. The summed E-state index contributed by atoms with van der Waals surface area (Å²) >= 11 is 7.18. The van der Waals surface area contributed by atoms with Crippen LogP contribution in [0.4, 0.5) is 4.79 Å². The average Bonchev–Trinajstić information content (AvgIpc) is 2.73. The molecule has 7 heteroatoms. The van der Waals surface area contributed by atoms with E-state index in [-0.39, 0.29) is 5.78 Å². The lowest BCUT2D eigenvalue weighted by Crippen LogP contribution is -2.50. The maximum absolute atomic E-state index is 12.5. The summed E-state index contributed by atoms with van der Waals surface area (Å²) in [6, 6.07) is 17.0. The van der Waals surface area contributed by atoms with Crippen LogP contribution in [0.1, 0.15) is 22.8 Å². The first-order valence-corrected chi connectivity index (χ1v) is 10.5. The van der Waals surface area contributed by atoms with Crippen LogP contribution in [-0.4, -0.2) is 52.2 Å². The van der Waals surface area contributed by atoms with E-state index in [1.807, 2.05) is 18.2 Å². The second-order valence-electron chi connectivity index (χ2n) is 6.43. The van der Waals surface area contributed by atoms with E-state index in [9.17, 15) is 9.59 Å². The van der Waals surface area contributed by atoms with E-state index in [0.29, 0.717) is 37.5 Å². The van der Waals surface area contributed by atoms with Gasteiger partial charge in [-0.1, -0.05) is 66.4 Å². The maximum Gasteiger partial charge on any atom is 0.415 e. The fourth-order valence-corrected chi connectivity index (χ4v) is 4.09. The van der Waals surface area contributed by atoms with Crippen molar-refractivity contribution in [3.8, 4) is 5.75 Å². The van der Waals surface area contributed by atoms with Crippen LogP contribution in [0.15, 0.2) is 54.6 Å². The standard InChI is InChI=1S/C21H22N2O3S2/c1-16(24)18-9-5-6-10-19(18)26-20(25)22-11-13-23(14-12-22)21(27)28-15-17-7-3-2-4-8-17/h2-10H,11-15H2,1H3. The molecule has 2 aromatic carbocycles. The quantitative estimate of drug-likeness (QED) is 0.551. The highest BCUT2D eigenvalue weighted by atomic mass is 32.2. The van der Waals surface area contributed by atoms with Crippen LogP contribution in [-0.2, 0) is 5.75 Å². The largest absolute Gasteiger partial charge is 0.415 e. The number of Topliss-reactive ketones (excluding diaryl/α,β-unsaturated/α-hetero) is 1. The number of benzene rings is 2. The summed E-state index contributed by atoms with van der Waals surface area (Å²) in [4.78, 5) is 27.9. The molecule has 2 aromatic rings. The third-order valence-electron chi connectivity index (χ3n) is 4.46. The molecule has 5 nitrogen and oxygen atoms in total. The molecule has 146 valence electrons. The van der Waals surface area contributed by atoms with E-state index >= 15 is 0 Å². The van der Waals surface area contributed by atoms with Gasteiger partial charge >= 0.3 is 6.09 Å². The van der Waals surface area contributed by atoms with Crippen molar-refractivity contribution in [2.45, 2.75) is 12.7 Å². The number of carbonyl (C=O) groups is 2. The number of ether oxygens (including phenoxy) is 1. The first-order valence-electron chi connectivity index (χ1n) is 9.07. The van der Waals surface area contributed by atoms with Crippen LogP contribution in [0.2, 0.25) is 0 Å². The van der Waals surface area contributed by atoms with Gasteiger partial charge in [-0.2, -0.15) is 0 Å². The Labute approximate surface area is 174 Å². The topological polar surface area (TPSA) is 49.9 Å². The Kier molecular flexibility index (Phi) is 7.06. The van der Waals surface area contributed by atoms with Crippen LogP contribution in [0, 0.1) is 0 Å². The third kappa shape index (κ3) is 5.33. The van der Waals surface area contributed by atoms with Crippen molar-refractivity contribution >= 4 is 40.2 Å². The van der Waals surface area contributed by atoms with Crippen LogP contribution in [0.5, 0.6) is 5.75 Å². The van der Waals surface area contributed by atoms with E-state index in [1.54, 1.807) is 40.9 Å². The van der Waals surface area contributed by atoms with E-state index in [1.165, 1.54) is 12.5 Å². The molecule has 1 fully saturated rings. The first-order chi connectivity index (χ1) is 13.5. The summed E-state index contributed by atoms with van der Waals surface area (Å²) in [5.74, 6) is 1.01. The minimum absolute atomic E-state index is 0.131. The molecule has 1 heterocycles. The zero-order valence-electron chi connectivity index (χ0n) is 15.7. The van der Waals surface area contributed by atoms with Gasteiger partial charge in [0.2, 0.25) is 0 Å². The average molecular weight is 415 g/mol. The molecular weight excluding hydrogens is 392 g/mol. The number of amides is 1. The molecule has 0 aromatic heterocycles. The van der Waals surface area contributed by atoms with Crippen molar-refractivity contribution in [3.63, 3.8) is 0 Å². The van der Waals surface area contributed by atoms with Crippen molar-refractivity contribution in [2.75, 3.05) is 26.2 Å². The lowest BCUT2D eigenvalue weighted by atomic mass is 10.1. The molecule has 0 aliphatic carbocycles. The van der Waals surface area contributed by atoms with Gasteiger partial charge in [0.1, 0.15) is 10.1 Å². The predicted octanol–water partition coefficient (Wildman–Crippen LogP) is 4.22. The van der Waals surface area contributed by atoms with E-state index < -0.39 is 6.09 Å². The Bertz CT molecular complexity index is 850. The van der Waals surface area contributed by atoms with Crippen LogP contribution < -0.4 is 4.74 Å². The minimum atomic E-state index is -0.434. The van der Waals surface area contributed by atoms with Gasteiger partial charge in [-0.3, -0.25) is 4.79 Å². The van der Waals surface area contributed by atoms with Gasteiger partial charge in [0.15, 0.2) is 5.78 Å². The SMILES string of the molecule is CC(=O)c1ccccc1OC(=O)N1CCN(C(=S)SCc2ccccc2)CC1. The summed E-state index contributed by atoms with van der Waals surface area (Å²) < 4.78 is 6.30. The van der Waals surface area contributed by atoms with Gasteiger partial charge in [-0.25, -0.2) is 4.79 Å². The van der Waals surface area contributed by atoms with Crippen molar-refractivity contribution < 1.29 is 14.3 Å². The molecule has 3 rings (SSSR count). The fraction of sp³-hybridized carbons (Fsp3) is 0.286. The Balaban J connectivity index is 1.49. The number of thiocarbonyl (C=S) groups is 1. The number of para-hydroxylation sites is 1. The van der Waals surface area contributed by atoms with Gasteiger partial charge in [-0.15, -0.1) is 0 Å². The number of nitrogens with zero attached hydrogens (tertiary/aromatic N) is 2. The molecule has 1 saturated heterocycles. The lowest BCUT2D eigenvalue weighted by molar-refractivity contribution is 0.101. The smallest absolute Gasteiger partial charge is 0.409 e. The summed E-state index contributed by atoms with van der Waals surface area (Å²) in [7, 11) is 0. The zero-order chi connectivity index (χ0) is 19.9. The van der Waals surface area contributed by atoms with E-state index in [4.69, 9.17) is 17.0 Å². The van der Waals surface area contributed by atoms with Crippen molar-refractivity contribution in [1.29, 1.82) is 0 Å². The molecule has 0 bridgehead atoms. The molecule has 0 unspecified atom stereocenters. The Morgan fingerprint density at radius 3 is 2.25 bits per heavy atom. The molecule has 0 saturated carbocycles. The normalized spacial score (nSPS) is 13.9. The molecule has 0 atom stereocenters. The lowest BCUT2D eigenvalue weighted by Gasteiger charge is -2.35. The maximum atomic E-state index is 12.5. The molecule has 0 N–H and O–H groups in total. The molecule has 28 heavy (non-hydrogen) atoms. The predicted molar refractivity (Wildman–Crippen MR) is 116 cm³/mol. The number of ketones is 1. The number of carbonyl (C=O) groups excluding carboxylic acids is 2. The number of rotatable bonds is 4. The monoisotopic (exact) mass is 414 g/mol. The Morgan fingerprint density at radius 2 is 1.57 bits per heavy atom. The number of hydrogen-bond acceptors (Lipinski definition) is 5. The molecule has 0 spiro atoms. The Hall–Kier alpha value is -2.38. The van der Waals surface area contributed by atoms with E-state index in [2.05, 4.69) is 17.0 Å². The third-order valence-corrected chi connectivity index (χ3v) is 6.06. The highest BCUT2D eigenvalue weighted by molar-refractivity contribution is 8.22. The summed E-state index contributed by atoms with van der Waals surface area (Å²) in [6.45, 7) is 3.87. The molecule has 0 radical (unpaired) electrons. The van der Waals surface area contributed by atoms with Crippen molar-refractivity contribution in [1.82, 2.24) is 9.80 Å². The van der Waals surface area contributed by atoms with Crippen LogP contribution in [0.25, 0.3) is 0 Å². The molecule has 1 amide bonds. The zero-order valence-corrected chi connectivity index (χ0v) is 17.3. The fourth-order valence-electron chi connectivity index (χ4n) is 2.89. The summed E-state index contributed by atoms with van der Waals surface area (Å²) in [6.07, 6.45) is -0.434. The summed E-state index contributed by atoms with van der Waals surface area (Å²) in [5.41, 5.74) is 1.65. The summed E-state index contributed by atoms with van der Waals surface area (Å²) in [5, 5.41) is 0. The van der Waals surface area contributed by atoms with Crippen LogP contribution in [0.3, 0.4) is 0 Å². The van der Waals surface area contributed by atoms with Gasteiger partial charge in [0.25, 0.3) is 0 Å². The van der Waals surface area contributed by atoms with Gasteiger partial charge < -0.3 is 14.5 Å². The van der Waals surface area contributed by atoms with Crippen LogP contribution >= 0.6 is 24.0 Å². The van der Waals surface area contributed by atoms with Crippen molar-refractivity contribution in [2.24, 2.45) is 0 Å².